The molecule has 1 saturated heterocycles. The van der Waals surface area contributed by atoms with Crippen molar-refractivity contribution in [2.75, 3.05) is 13.1 Å². The van der Waals surface area contributed by atoms with Crippen LogP contribution >= 0.6 is 11.6 Å². The molecule has 0 spiro atoms. The van der Waals surface area contributed by atoms with Crippen molar-refractivity contribution in [1.29, 1.82) is 0 Å². The average Bonchev–Trinajstić information content (AvgIpc) is 2.52. The first-order valence-electron chi connectivity index (χ1n) is 6.88. The Morgan fingerprint density at radius 2 is 2.11 bits per heavy atom. The van der Waals surface area contributed by atoms with Gasteiger partial charge in [0, 0.05) is 25.6 Å². The van der Waals surface area contributed by atoms with Crippen molar-refractivity contribution in [2.45, 2.75) is 40.0 Å². The lowest BCUT2D eigenvalue weighted by Gasteiger charge is -2.44. The van der Waals surface area contributed by atoms with E-state index >= 15 is 0 Å². The van der Waals surface area contributed by atoms with E-state index in [1.54, 1.807) is 0 Å². The van der Waals surface area contributed by atoms with Crippen LogP contribution < -0.4 is 5.32 Å². The molecule has 0 atom stereocenters. The normalized spacial score (nSPS) is 18.1. The number of hydrogen-bond donors (Lipinski definition) is 1. The minimum atomic E-state index is 0.386. The van der Waals surface area contributed by atoms with Gasteiger partial charge in [-0.3, -0.25) is 4.68 Å². The van der Waals surface area contributed by atoms with Crippen LogP contribution in [0.3, 0.4) is 0 Å². The molecule has 3 nitrogen and oxygen atoms in total. The number of aryl methyl sites for hydroxylation is 2. The van der Waals surface area contributed by atoms with Gasteiger partial charge in [0.05, 0.1) is 16.4 Å². The maximum atomic E-state index is 6.45. The highest BCUT2D eigenvalue weighted by Gasteiger charge is 2.39. The summed E-state index contributed by atoms with van der Waals surface area (Å²) in [4.78, 5) is 0. The summed E-state index contributed by atoms with van der Waals surface area (Å²) < 4.78 is 1.97. The van der Waals surface area contributed by atoms with E-state index in [0.717, 1.165) is 42.6 Å². The highest BCUT2D eigenvalue weighted by atomic mass is 35.5. The Bertz CT molecular complexity index is 419. The minimum Gasteiger partial charge on any atom is -0.316 e. The second-order valence-corrected chi connectivity index (χ2v) is 6.44. The Morgan fingerprint density at radius 1 is 1.44 bits per heavy atom. The van der Waals surface area contributed by atoms with Crippen LogP contribution in [0.2, 0.25) is 5.02 Å². The van der Waals surface area contributed by atoms with Crippen LogP contribution in [0.5, 0.6) is 0 Å². The number of nitrogens with zero attached hydrogens (tertiary/aromatic N) is 2. The van der Waals surface area contributed by atoms with Crippen LogP contribution in [0.15, 0.2) is 0 Å². The molecule has 1 aromatic rings. The quantitative estimate of drug-likeness (QED) is 0.891. The van der Waals surface area contributed by atoms with E-state index in [9.17, 15) is 0 Å². The van der Waals surface area contributed by atoms with Gasteiger partial charge in [-0.15, -0.1) is 0 Å². The van der Waals surface area contributed by atoms with Gasteiger partial charge in [-0.2, -0.15) is 5.10 Å². The Labute approximate surface area is 115 Å². The molecule has 2 heterocycles. The first-order chi connectivity index (χ1) is 8.47. The van der Waals surface area contributed by atoms with Crippen molar-refractivity contribution in [1.82, 2.24) is 15.1 Å². The first kappa shape index (κ1) is 13.9. The summed E-state index contributed by atoms with van der Waals surface area (Å²) in [5, 5.41) is 8.81. The van der Waals surface area contributed by atoms with Crippen molar-refractivity contribution in [2.24, 2.45) is 18.4 Å². The van der Waals surface area contributed by atoms with Gasteiger partial charge in [0.1, 0.15) is 0 Å². The maximum absolute atomic E-state index is 6.45. The van der Waals surface area contributed by atoms with Gasteiger partial charge in [0.25, 0.3) is 0 Å². The summed E-state index contributed by atoms with van der Waals surface area (Å²) in [6, 6.07) is 0. The summed E-state index contributed by atoms with van der Waals surface area (Å²) in [7, 11) is 2.01. The van der Waals surface area contributed by atoms with Gasteiger partial charge >= 0.3 is 0 Å². The van der Waals surface area contributed by atoms with E-state index in [2.05, 4.69) is 31.2 Å². The van der Waals surface area contributed by atoms with Gasteiger partial charge in [-0.05, 0) is 25.2 Å². The van der Waals surface area contributed by atoms with Crippen molar-refractivity contribution in [3.8, 4) is 0 Å². The molecule has 0 aliphatic carbocycles. The zero-order valence-corrected chi connectivity index (χ0v) is 12.6. The van der Waals surface area contributed by atoms with Gasteiger partial charge in [0.15, 0.2) is 0 Å². The Kier molecular flexibility index (Phi) is 4.02. The summed E-state index contributed by atoms with van der Waals surface area (Å²) in [5.41, 5.74) is 2.62. The van der Waals surface area contributed by atoms with Crippen molar-refractivity contribution >= 4 is 11.6 Å². The fraction of sp³-hybridized carbons (Fsp3) is 0.786. The summed E-state index contributed by atoms with van der Waals surface area (Å²) >= 11 is 6.45. The SMILES string of the molecule is CCc1nn(C)c(CC2(CC(C)C)CNC2)c1Cl. The van der Waals surface area contributed by atoms with E-state index in [0.29, 0.717) is 5.41 Å². The van der Waals surface area contributed by atoms with Crippen molar-refractivity contribution < 1.29 is 0 Å². The molecule has 1 fully saturated rings. The van der Waals surface area contributed by atoms with Crippen LogP contribution in [0.4, 0.5) is 0 Å². The lowest BCUT2D eigenvalue weighted by molar-refractivity contribution is 0.128. The van der Waals surface area contributed by atoms with Crippen LogP contribution in [0.1, 0.15) is 38.6 Å². The Hall–Kier alpha value is -0.540. The van der Waals surface area contributed by atoms with Gasteiger partial charge in [-0.25, -0.2) is 0 Å². The van der Waals surface area contributed by atoms with Crippen LogP contribution in [0.25, 0.3) is 0 Å². The van der Waals surface area contributed by atoms with E-state index in [1.807, 2.05) is 11.7 Å². The maximum Gasteiger partial charge on any atom is 0.0849 e. The molecule has 1 aromatic heterocycles. The van der Waals surface area contributed by atoms with E-state index < -0.39 is 0 Å². The minimum absolute atomic E-state index is 0.386. The molecule has 0 radical (unpaired) electrons. The van der Waals surface area contributed by atoms with Crippen molar-refractivity contribution in [3.63, 3.8) is 0 Å². The number of rotatable bonds is 5. The fourth-order valence-corrected chi connectivity index (χ4v) is 3.41. The zero-order chi connectivity index (χ0) is 13.3. The highest BCUT2D eigenvalue weighted by Crippen LogP contribution is 2.37. The summed E-state index contributed by atoms with van der Waals surface area (Å²) in [6.45, 7) is 8.90. The third-order valence-corrected chi connectivity index (χ3v) is 4.32. The van der Waals surface area contributed by atoms with E-state index in [1.165, 1.54) is 12.1 Å². The molecule has 18 heavy (non-hydrogen) atoms. The molecular weight excluding hydrogens is 246 g/mol. The first-order valence-corrected chi connectivity index (χ1v) is 7.26. The smallest absolute Gasteiger partial charge is 0.0849 e. The molecule has 4 heteroatoms. The monoisotopic (exact) mass is 269 g/mol. The van der Waals surface area contributed by atoms with Crippen LogP contribution in [-0.2, 0) is 19.9 Å². The summed E-state index contributed by atoms with van der Waals surface area (Å²) in [6.07, 6.45) is 3.20. The van der Waals surface area contributed by atoms with Crippen LogP contribution in [0, 0.1) is 11.3 Å². The predicted octanol–water partition coefficient (Wildman–Crippen LogP) is 2.81. The highest BCUT2D eigenvalue weighted by molar-refractivity contribution is 6.31. The standard InChI is InChI=1S/C14H24ClN3/c1-5-11-13(15)12(18(4)17-11)7-14(6-10(2)3)8-16-9-14/h10,16H,5-9H2,1-4H3. The second kappa shape index (κ2) is 5.22. The average molecular weight is 270 g/mol. The molecule has 2 rings (SSSR count). The number of halogens is 1. The van der Waals surface area contributed by atoms with Gasteiger partial charge < -0.3 is 5.32 Å². The number of hydrogen-bond acceptors (Lipinski definition) is 2. The van der Waals surface area contributed by atoms with E-state index in [-0.39, 0.29) is 0 Å². The second-order valence-electron chi connectivity index (χ2n) is 6.06. The lowest BCUT2D eigenvalue weighted by atomic mass is 9.72. The molecule has 1 N–H and O–H groups in total. The number of aromatic nitrogens is 2. The lowest BCUT2D eigenvalue weighted by Crippen LogP contribution is -2.55. The molecular formula is C14H24ClN3. The molecule has 0 amide bonds. The molecule has 1 aliphatic rings. The Balaban J connectivity index is 2.19. The van der Waals surface area contributed by atoms with E-state index in [4.69, 9.17) is 11.6 Å². The molecule has 0 bridgehead atoms. The van der Waals surface area contributed by atoms with Gasteiger partial charge in [-0.1, -0.05) is 32.4 Å². The summed E-state index contributed by atoms with van der Waals surface area (Å²) in [5.74, 6) is 0.727. The fourth-order valence-electron chi connectivity index (χ4n) is 3.05. The largest absolute Gasteiger partial charge is 0.316 e. The predicted molar refractivity (Wildman–Crippen MR) is 76.1 cm³/mol. The zero-order valence-electron chi connectivity index (χ0n) is 11.9. The molecule has 0 unspecified atom stereocenters. The van der Waals surface area contributed by atoms with Crippen molar-refractivity contribution in [3.05, 3.63) is 16.4 Å². The van der Waals surface area contributed by atoms with Gasteiger partial charge in [0.2, 0.25) is 0 Å². The molecule has 0 aromatic carbocycles. The third-order valence-electron chi connectivity index (χ3n) is 3.89. The molecule has 0 saturated carbocycles. The number of nitrogens with one attached hydrogen (secondary N) is 1. The topological polar surface area (TPSA) is 29.9 Å². The molecule has 1 aliphatic heterocycles. The molecule has 102 valence electrons. The van der Waals surface area contributed by atoms with Crippen LogP contribution in [-0.4, -0.2) is 22.9 Å². The Morgan fingerprint density at radius 3 is 2.50 bits per heavy atom. The third kappa shape index (κ3) is 2.57.